The number of unbranched alkanes of at least 4 members (excludes halogenated alkanes) is 11. The number of allylic oxidation sites excluding steroid dienone is 1. The summed E-state index contributed by atoms with van der Waals surface area (Å²) in [4.78, 5) is 21.7. The number of rotatable bonds is 32. The van der Waals surface area contributed by atoms with Crippen LogP contribution < -0.4 is 9.47 Å². The summed E-state index contributed by atoms with van der Waals surface area (Å²) < 4.78 is 32.2. The Kier molecular flexibility index (Phi) is 22.6. The molecule has 0 bridgehead atoms. The maximum Gasteiger partial charge on any atom is 0.410 e. The number of aliphatic hydroxyl groups is 3. The van der Waals surface area contributed by atoms with E-state index in [4.69, 9.17) is 28.5 Å². The lowest BCUT2D eigenvalue weighted by atomic mass is 9.55. The van der Waals surface area contributed by atoms with Crippen LogP contribution in [0.15, 0.2) is 60.3 Å². The molecule has 1 fully saturated rings. The molecule has 60 heavy (non-hydrogen) atoms. The van der Waals surface area contributed by atoms with Crippen molar-refractivity contribution in [3.8, 4) is 11.5 Å². The van der Waals surface area contributed by atoms with Gasteiger partial charge in [0.15, 0.2) is 0 Å². The molecular formula is C48H76N2O10. The predicted molar refractivity (Wildman–Crippen MR) is 235 cm³/mol. The number of benzene rings is 1. The molecule has 0 saturated heterocycles. The van der Waals surface area contributed by atoms with Crippen molar-refractivity contribution < 1.29 is 48.6 Å². The van der Waals surface area contributed by atoms with Crippen molar-refractivity contribution in [3.63, 3.8) is 0 Å². The van der Waals surface area contributed by atoms with Gasteiger partial charge in [0.1, 0.15) is 31.3 Å². The number of carbonyl (C=O) groups is 1. The molecule has 1 saturated carbocycles. The molecule has 12 nitrogen and oxygen atoms in total. The highest BCUT2D eigenvalue weighted by Crippen LogP contribution is 2.62. The van der Waals surface area contributed by atoms with Crippen LogP contribution in [0.5, 0.6) is 11.5 Å². The van der Waals surface area contributed by atoms with E-state index in [0.29, 0.717) is 36.7 Å². The second-order valence-electron chi connectivity index (χ2n) is 16.4. The Hall–Kier alpha value is -3.42. The molecule has 12 heteroatoms. The van der Waals surface area contributed by atoms with E-state index in [9.17, 15) is 20.1 Å². The SMILES string of the molecule is C=CCOc1ccc2c(c1)[C@H]1[C@H](CCCCO)[C@@H](CCCCO)C=C3C(=NOC)C[C@H](N(CCOCCO)C(=O)OCCCCCCCCCCCC)[C@@](OCC=C)(O2)[C@H]31. The quantitative estimate of drug-likeness (QED) is 0.0365. The van der Waals surface area contributed by atoms with Crippen molar-refractivity contribution in [3.05, 3.63) is 60.7 Å². The minimum Gasteiger partial charge on any atom is -0.490 e. The van der Waals surface area contributed by atoms with E-state index in [0.717, 1.165) is 56.1 Å². The molecule has 1 amide bonds. The normalized spacial score (nSPS) is 23.5. The van der Waals surface area contributed by atoms with Gasteiger partial charge in [0, 0.05) is 37.7 Å². The van der Waals surface area contributed by atoms with E-state index in [1.54, 1.807) is 17.1 Å². The molecule has 1 aromatic carbocycles. The number of carbonyl (C=O) groups excluding carboxylic acids is 1. The third-order valence-electron chi connectivity index (χ3n) is 12.3. The second-order valence-corrected chi connectivity index (χ2v) is 16.4. The topological polar surface area (TPSA) is 149 Å². The summed E-state index contributed by atoms with van der Waals surface area (Å²) in [7, 11) is 1.53. The monoisotopic (exact) mass is 841 g/mol. The van der Waals surface area contributed by atoms with E-state index in [1.165, 1.54) is 52.1 Å². The van der Waals surface area contributed by atoms with Crippen LogP contribution in [0.2, 0.25) is 0 Å². The fourth-order valence-electron chi connectivity index (χ4n) is 9.54. The zero-order valence-electron chi connectivity index (χ0n) is 36.7. The van der Waals surface area contributed by atoms with Crippen LogP contribution in [0.4, 0.5) is 4.79 Å². The van der Waals surface area contributed by atoms with Gasteiger partial charge in [-0.1, -0.05) is 108 Å². The van der Waals surface area contributed by atoms with Gasteiger partial charge in [-0.15, -0.1) is 6.58 Å². The molecule has 0 unspecified atom stereocenters. The summed E-state index contributed by atoms with van der Waals surface area (Å²) in [5.41, 5.74) is 2.63. The minimum atomic E-state index is -1.41. The number of oxime groups is 1. The Morgan fingerprint density at radius 3 is 2.25 bits per heavy atom. The van der Waals surface area contributed by atoms with E-state index >= 15 is 0 Å². The Morgan fingerprint density at radius 1 is 0.883 bits per heavy atom. The molecule has 1 heterocycles. The number of ether oxygens (including phenoxy) is 5. The van der Waals surface area contributed by atoms with Crippen LogP contribution in [0.1, 0.15) is 128 Å². The van der Waals surface area contributed by atoms with Crippen LogP contribution in [0.3, 0.4) is 0 Å². The van der Waals surface area contributed by atoms with Gasteiger partial charge < -0.3 is 43.8 Å². The molecule has 0 aromatic heterocycles. The second kappa shape index (κ2) is 27.5. The lowest BCUT2D eigenvalue weighted by molar-refractivity contribution is -0.256. The maximum absolute atomic E-state index is 14.5. The number of hydrogen-bond donors (Lipinski definition) is 3. The molecule has 3 N–H and O–H groups in total. The number of nitrogens with zero attached hydrogens (tertiary/aromatic N) is 2. The molecule has 338 valence electrons. The smallest absolute Gasteiger partial charge is 0.410 e. The van der Waals surface area contributed by atoms with E-state index < -0.39 is 23.8 Å². The highest BCUT2D eigenvalue weighted by atomic mass is 16.7. The molecule has 1 aliphatic heterocycles. The molecular weight excluding hydrogens is 765 g/mol. The Balaban J connectivity index is 1.78. The Labute approximate surface area is 360 Å². The highest BCUT2D eigenvalue weighted by molar-refractivity contribution is 6.02. The summed E-state index contributed by atoms with van der Waals surface area (Å²) in [6.45, 7) is 11.4. The lowest BCUT2D eigenvalue weighted by Crippen LogP contribution is -2.70. The minimum absolute atomic E-state index is 0.0835. The largest absolute Gasteiger partial charge is 0.490 e. The summed E-state index contributed by atoms with van der Waals surface area (Å²) in [5, 5.41) is 33.9. The van der Waals surface area contributed by atoms with Gasteiger partial charge in [0.25, 0.3) is 0 Å². The van der Waals surface area contributed by atoms with Crippen LogP contribution in [-0.2, 0) is 19.0 Å². The Morgan fingerprint density at radius 2 is 1.58 bits per heavy atom. The third-order valence-corrected chi connectivity index (χ3v) is 12.3. The zero-order chi connectivity index (χ0) is 43.0. The average molecular weight is 841 g/mol. The molecule has 6 atom stereocenters. The first-order chi connectivity index (χ1) is 29.4. The van der Waals surface area contributed by atoms with Gasteiger partial charge in [-0.3, -0.25) is 4.90 Å². The van der Waals surface area contributed by atoms with Crippen LogP contribution in [-0.4, -0.2) is 110 Å². The van der Waals surface area contributed by atoms with Crippen LogP contribution >= 0.6 is 0 Å². The van der Waals surface area contributed by atoms with Gasteiger partial charge in [-0.2, -0.15) is 0 Å². The maximum atomic E-state index is 14.5. The van der Waals surface area contributed by atoms with Crippen molar-refractivity contribution in [2.75, 3.05) is 66.5 Å². The fourth-order valence-corrected chi connectivity index (χ4v) is 9.54. The lowest BCUT2D eigenvalue weighted by Gasteiger charge is -2.59. The van der Waals surface area contributed by atoms with E-state index in [2.05, 4.69) is 37.4 Å². The van der Waals surface area contributed by atoms with E-state index in [1.807, 2.05) is 12.1 Å². The number of fused-ring (bicyclic) bond motifs is 2. The summed E-state index contributed by atoms with van der Waals surface area (Å²) >= 11 is 0. The fraction of sp³-hybridized carbons (Fsp3) is 0.708. The van der Waals surface area contributed by atoms with Crippen molar-refractivity contribution >= 4 is 11.8 Å². The Bertz CT molecular complexity index is 1480. The van der Waals surface area contributed by atoms with Gasteiger partial charge in [0.05, 0.1) is 44.7 Å². The first-order valence-electron chi connectivity index (χ1n) is 22.9. The first-order valence-corrected chi connectivity index (χ1v) is 22.9. The number of amides is 1. The van der Waals surface area contributed by atoms with Crippen LogP contribution in [0.25, 0.3) is 0 Å². The standard InChI is InChI=1S/C48H76N2O10/c1-5-8-9-10-11-12-13-14-15-20-31-58-47(54)50(25-32-56-33-28-53)44-36-42(49-55-4)40-34-37(21-16-18-26-51)39(22-17-19-27-52)45-41-35-38(57-29-6-2)23-24-43(41)60-48(44,46(40)45)59-30-7-3/h6-7,23-24,34-35,37,39,44-46,51-53H,2-3,5,8-22,25-33,36H2,1,4H3/t37-,39+,44-,45+,46+,48+/m0/s1. The van der Waals surface area contributed by atoms with Crippen molar-refractivity contribution in [2.24, 2.45) is 22.9 Å². The number of hydrogen-bond acceptors (Lipinski definition) is 11. The third kappa shape index (κ3) is 13.5. The van der Waals surface area contributed by atoms with E-state index in [-0.39, 0.29) is 77.0 Å². The van der Waals surface area contributed by atoms with Crippen molar-refractivity contribution in [1.29, 1.82) is 0 Å². The predicted octanol–water partition coefficient (Wildman–Crippen LogP) is 8.88. The van der Waals surface area contributed by atoms with Gasteiger partial charge in [-0.25, -0.2) is 4.79 Å². The number of aliphatic hydroxyl groups excluding tert-OH is 3. The van der Waals surface area contributed by atoms with Gasteiger partial charge >= 0.3 is 6.09 Å². The van der Waals surface area contributed by atoms with Gasteiger partial charge in [0.2, 0.25) is 5.79 Å². The van der Waals surface area contributed by atoms with Crippen LogP contribution in [0, 0.1) is 17.8 Å². The van der Waals surface area contributed by atoms with Gasteiger partial charge in [-0.05, 0) is 67.7 Å². The zero-order valence-corrected chi connectivity index (χ0v) is 36.7. The molecule has 2 aliphatic carbocycles. The van der Waals surface area contributed by atoms with Crippen molar-refractivity contribution in [1.82, 2.24) is 4.90 Å². The molecule has 1 aromatic rings. The summed E-state index contributed by atoms with van der Waals surface area (Å²) in [6, 6.07) is 5.15. The molecule has 0 radical (unpaired) electrons. The molecule has 4 rings (SSSR count). The molecule has 3 aliphatic rings. The highest BCUT2D eigenvalue weighted by Gasteiger charge is 2.65. The molecule has 0 spiro atoms. The summed E-state index contributed by atoms with van der Waals surface area (Å²) in [6.07, 6.45) is 21.9. The average Bonchev–Trinajstić information content (AvgIpc) is 3.25. The summed E-state index contributed by atoms with van der Waals surface area (Å²) in [5.74, 6) is -0.511. The first kappa shape index (κ1) is 49.2. The van der Waals surface area contributed by atoms with Crippen molar-refractivity contribution in [2.45, 2.75) is 134 Å².